The number of carbonyl (C=O) groups is 1. The molecule has 0 spiro atoms. The Balaban J connectivity index is 1.76. The number of rotatable bonds is 6. The number of hydrogen-bond donors (Lipinski definition) is 1. The Labute approximate surface area is 193 Å². The number of amides is 1. The summed E-state index contributed by atoms with van der Waals surface area (Å²) in [5, 5.41) is 6.22. The van der Waals surface area contributed by atoms with Crippen molar-refractivity contribution in [2.24, 2.45) is 0 Å². The molecule has 1 aromatic heterocycles. The van der Waals surface area contributed by atoms with E-state index in [4.69, 9.17) is 4.74 Å². The molecule has 0 bridgehead atoms. The van der Waals surface area contributed by atoms with Crippen molar-refractivity contribution in [2.45, 2.75) is 38.4 Å². The van der Waals surface area contributed by atoms with E-state index in [0.29, 0.717) is 36.0 Å². The summed E-state index contributed by atoms with van der Waals surface area (Å²) in [6, 6.07) is 6.22. The highest BCUT2D eigenvalue weighted by atomic mass is 19.4. The largest absolute Gasteiger partial charge is 0.483 e. The number of para-hydroxylation sites is 1. The van der Waals surface area contributed by atoms with Crippen molar-refractivity contribution in [3.8, 4) is 11.4 Å². The molecule has 0 saturated heterocycles. The van der Waals surface area contributed by atoms with Gasteiger partial charge < -0.3 is 10.1 Å². The summed E-state index contributed by atoms with van der Waals surface area (Å²) in [7, 11) is 0. The van der Waals surface area contributed by atoms with Gasteiger partial charge in [0.15, 0.2) is 6.61 Å². The summed E-state index contributed by atoms with van der Waals surface area (Å²) in [6.45, 7) is -1.46. The molecular weight excluding hydrogens is 482 g/mol. The van der Waals surface area contributed by atoms with Crippen LogP contribution < -0.4 is 15.7 Å². The Kier molecular flexibility index (Phi) is 6.59. The summed E-state index contributed by atoms with van der Waals surface area (Å²) >= 11 is 0. The number of alkyl halides is 5. The maximum absolute atomic E-state index is 15.1. The monoisotopic (exact) mass is 500 g/mol. The molecule has 0 unspecified atom stereocenters. The summed E-state index contributed by atoms with van der Waals surface area (Å²) in [6.07, 6.45) is -5.82. The molecule has 1 amide bonds. The number of ether oxygens (including phenoxy) is 1. The van der Waals surface area contributed by atoms with Crippen LogP contribution in [0.3, 0.4) is 0 Å². The van der Waals surface area contributed by atoms with Crippen LogP contribution in [0.15, 0.2) is 41.2 Å². The van der Waals surface area contributed by atoms with Crippen LogP contribution in [-0.2, 0) is 13.0 Å². The van der Waals surface area contributed by atoms with Crippen LogP contribution in [0.2, 0.25) is 0 Å². The first-order chi connectivity index (χ1) is 16.5. The standard InChI is InChI=1S/C22H18F6N4O3/c23-14-9-13(20(33)29-15-6-2-1-5-12(15)19(24)25)17(35-11-22(26,27)28)10-16(14)32-21(34)31-8-4-3-7-18(31)30-32/h1-2,5-6,9-10,19H,3-4,7-8,11H2,(H,29,33). The van der Waals surface area contributed by atoms with E-state index in [1.165, 1.54) is 16.7 Å². The predicted molar refractivity (Wildman–Crippen MR) is 112 cm³/mol. The predicted octanol–water partition coefficient (Wildman–Crippen LogP) is 4.64. The first-order valence-electron chi connectivity index (χ1n) is 10.5. The second-order valence-corrected chi connectivity index (χ2v) is 7.77. The van der Waals surface area contributed by atoms with Gasteiger partial charge in [-0.2, -0.15) is 17.9 Å². The number of nitrogens with zero attached hydrogens (tertiary/aromatic N) is 3. The second-order valence-electron chi connectivity index (χ2n) is 7.77. The minimum Gasteiger partial charge on any atom is -0.483 e. The van der Waals surface area contributed by atoms with Crippen molar-refractivity contribution in [3.63, 3.8) is 0 Å². The molecule has 13 heteroatoms. The van der Waals surface area contributed by atoms with Gasteiger partial charge in [0, 0.05) is 30.3 Å². The lowest BCUT2D eigenvalue weighted by Crippen LogP contribution is -2.27. The lowest BCUT2D eigenvalue weighted by atomic mass is 10.1. The van der Waals surface area contributed by atoms with Crippen LogP contribution in [0.25, 0.3) is 5.69 Å². The molecule has 4 rings (SSSR count). The number of halogens is 6. The van der Waals surface area contributed by atoms with Crippen molar-refractivity contribution >= 4 is 11.6 Å². The van der Waals surface area contributed by atoms with Gasteiger partial charge in [0.05, 0.1) is 5.56 Å². The van der Waals surface area contributed by atoms with Crippen molar-refractivity contribution in [2.75, 3.05) is 11.9 Å². The number of anilines is 1. The first-order valence-corrected chi connectivity index (χ1v) is 10.5. The quantitative estimate of drug-likeness (QED) is 0.501. The highest BCUT2D eigenvalue weighted by Crippen LogP contribution is 2.31. The lowest BCUT2D eigenvalue weighted by Gasteiger charge is -2.16. The van der Waals surface area contributed by atoms with E-state index < -0.39 is 59.2 Å². The van der Waals surface area contributed by atoms with E-state index in [0.717, 1.165) is 24.6 Å². The molecule has 1 aliphatic rings. The van der Waals surface area contributed by atoms with Crippen molar-refractivity contribution < 1.29 is 35.9 Å². The van der Waals surface area contributed by atoms with E-state index in [1.54, 1.807) is 0 Å². The third-order valence-corrected chi connectivity index (χ3v) is 5.33. The third-order valence-electron chi connectivity index (χ3n) is 5.33. The van der Waals surface area contributed by atoms with Gasteiger partial charge in [0.25, 0.3) is 12.3 Å². The second kappa shape index (κ2) is 9.47. The molecule has 0 radical (unpaired) electrons. The van der Waals surface area contributed by atoms with Gasteiger partial charge in [-0.3, -0.25) is 9.36 Å². The zero-order valence-electron chi connectivity index (χ0n) is 17.9. The number of fused-ring (bicyclic) bond motifs is 1. The average molecular weight is 500 g/mol. The van der Waals surface area contributed by atoms with Gasteiger partial charge in [-0.05, 0) is 25.0 Å². The van der Waals surface area contributed by atoms with Gasteiger partial charge in [0.2, 0.25) is 0 Å². The molecular formula is C22H18F6N4O3. The Hall–Kier alpha value is -3.77. The van der Waals surface area contributed by atoms with E-state index in [9.17, 15) is 31.5 Å². The molecule has 0 fully saturated rings. The minimum atomic E-state index is -4.80. The molecule has 2 heterocycles. The Bertz CT molecular complexity index is 1320. The molecule has 7 nitrogen and oxygen atoms in total. The van der Waals surface area contributed by atoms with Crippen LogP contribution in [-0.4, -0.2) is 33.0 Å². The summed E-state index contributed by atoms with van der Waals surface area (Å²) in [5.41, 5.74) is -2.73. The fraction of sp³-hybridized carbons (Fsp3) is 0.318. The van der Waals surface area contributed by atoms with Gasteiger partial charge in [0.1, 0.15) is 23.1 Å². The number of carbonyl (C=O) groups excluding carboxylic acids is 1. The molecule has 2 aromatic carbocycles. The molecule has 35 heavy (non-hydrogen) atoms. The highest BCUT2D eigenvalue weighted by molar-refractivity contribution is 6.06. The molecule has 186 valence electrons. The number of benzene rings is 2. The van der Waals surface area contributed by atoms with E-state index in [-0.39, 0.29) is 5.69 Å². The minimum absolute atomic E-state index is 0.309. The number of hydrogen-bond acceptors (Lipinski definition) is 4. The van der Waals surface area contributed by atoms with Crippen molar-refractivity contribution in [3.05, 3.63) is 69.7 Å². The summed E-state index contributed by atoms with van der Waals surface area (Å²) < 4.78 is 86.8. The molecule has 0 aliphatic carbocycles. The lowest BCUT2D eigenvalue weighted by molar-refractivity contribution is -0.153. The number of nitrogens with one attached hydrogen (secondary N) is 1. The zero-order chi connectivity index (χ0) is 25.3. The maximum atomic E-state index is 15.1. The molecule has 0 saturated carbocycles. The number of aryl methyl sites for hydroxylation is 1. The topological polar surface area (TPSA) is 78.2 Å². The Morgan fingerprint density at radius 1 is 1.17 bits per heavy atom. The molecule has 3 aromatic rings. The number of aromatic nitrogens is 3. The van der Waals surface area contributed by atoms with Crippen molar-refractivity contribution in [1.82, 2.24) is 14.3 Å². The van der Waals surface area contributed by atoms with Gasteiger partial charge >= 0.3 is 11.9 Å². The van der Waals surface area contributed by atoms with Gasteiger partial charge in [-0.25, -0.2) is 18.0 Å². The molecule has 1 N–H and O–H groups in total. The fourth-order valence-electron chi connectivity index (χ4n) is 3.71. The molecule has 1 aliphatic heterocycles. The molecule has 0 atom stereocenters. The van der Waals surface area contributed by atoms with Crippen LogP contribution in [0.5, 0.6) is 5.75 Å². The Morgan fingerprint density at radius 3 is 2.60 bits per heavy atom. The van der Waals surface area contributed by atoms with E-state index >= 15 is 4.39 Å². The Morgan fingerprint density at radius 2 is 1.91 bits per heavy atom. The first kappa shape index (κ1) is 24.4. The summed E-state index contributed by atoms with van der Waals surface area (Å²) in [4.78, 5) is 25.5. The van der Waals surface area contributed by atoms with E-state index in [2.05, 4.69) is 10.4 Å². The summed E-state index contributed by atoms with van der Waals surface area (Å²) in [5.74, 6) is -2.64. The normalized spacial score (nSPS) is 13.6. The van der Waals surface area contributed by atoms with E-state index in [1.807, 2.05) is 0 Å². The third kappa shape index (κ3) is 5.17. The van der Waals surface area contributed by atoms with Gasteiger partial charge in [-0.1, -0.05) is 18.2 Å². The van der Waals surface area contributed by atoms with Crippen LogP contribution in [0.4, 0.5) is 32.0 Å². The smallest absolute Gasteiger partial charge is 0.422 e. The SMILES string of the molecule is O=C(Nc1ccccc1C(F)F)c1cc(F)c(-n2nc3n(c2=O)CCCC3)cc1OCC(F)(F)F. The fourth-order valence-corrected chi connectivity index (χ4v) is 3.71. The highest BCUT2D eigenvalue weighted by Gasteiger charge is 2.30. The van der Waals surface area contributed by atoms with Crippen LogP contribution in [0.1, 0.15) is 41.0 Å². The zero-order valence-corrected chi connectivity index (χ0v) is 17.9. The maximum Gasteiger partial charge on any atom is 0.422 e. The van der Waals surface area contributed by atoms with Gasteiger partial charge in [-0.15, -0.1) is 5.10 Å². The average Bonchev–Trinajstić information content (AvgIpc) is 3.14. The van der Waals surface area contributed by atoms with Crippen molar-refractivity contribution in [1.29, 1.82) is 0 Å². The van der Waals surface area contributed by atoms with Crippen LogP contribution >= 0.6 is 0 Å². The van der Waals surface area contributed by atoms with Crippen LogP contribution in [0, 0.1) is 5.82 Å².